The number of carbonyl (C=O) groups is 1. The van der Waals surface area contributed by atoms with Gasteiger partial charge in [-0.3, -0.25) is 9.10 Å². The molecule has 0 bridgehead atoms. The van der Waals surface area contributed by atoms with E-state index in [1.54, 1.807) is 36.5 Å². The number of hydrogen-bond donors (Lipinski definition) is 1. The van der Waals surface area contributed by atoms with Crippen LogP contribution in [-0.2, 0) is 14.8 Å². The van der Waals surface area contributed by atoms with Crippen molar-refractivity contribution in [2.24, 2.45) is 5.10 Å². The van der Waals surface area contributed by atoms with Crippen molar-refractivity contribution in [2.75, 3.05) is 18.0 Å². The maximum Gasteiger partial charge on any atom is 0.264 e. The molecule has 0 saturated carbocycles. The largest absolute Gasteiger partial charge is 0.496 e. The highest BCUT2D eigenvalue weighted by atomic mass is 79.9. The zero-order valence-corrected chi connectivity index (χ0v) is 26.3. The predicted molar refractivity (Wildman–Crippen MR) is 165 cm³/mol. The van der Waals surface area contributed by atoms with E-state index < -0.39 is 22.5 Å². The number of nitrogens with one attached hydrogen (secondary N) is 1. The van der Waals surface area contributed by atoms with Gasteiger partial charge in [-0.25, -0.2) is 13.8 Å². The van der Waals surface area contributed by atoms with Gasteiger partial charge in [-0.05, 0) is 91.3 Å². The van der Waals surface area contributed by atoms with E-state index in [4.69, 9.17) is 4.74 Å². The molecule has 0 radical (unpaired) electrons. The molecule has 0 atom stereocenters. The third-order valence-corrected chi connectivity index (χ3v) is 9.13. The topological polar surface area (TPSA) is 93.0 Å². The van der Waals surface area contributed by atoms with Crippen molar-refractivity contribution >= 4 is 59.7 Å². The van der Waals surface area contributed by atoms with Crippen LogP contribution >= 0.6 is 31.9 Å². The maximum atomic E-state index is 13.7. The van der Waals surface area contributed by atoms with Gasteiger partial charge < -0.3 is 9.30 Å². The van der Waals surface area contributed by atoms with E-state index in [0.29, 0.717) is 15.9 Å². The van der Waals surface area contributed by atoms with E-state index in [0.717, 1.165) is 37.0 Å². The highest BCUT2D eigenvalue weighted by Crippen LogP contribution is 2.31. The second-order valence-corrected chi connectivity index (χ2v) is 12.7. The first-order valence-electron chi connectivity index (χ1n) is 12.2. The summed E-state index contributed by atoms with van der Waals surface area (Å²) in [6.07, 6.45) is 1.56. The summed E-state index contributed by atoms with van der Waals surface area (Å²) in [7, 11) is -2.61. The number of hydrazone groups is 1. The number of rotatable bonds is 9. The second kappa shape index (κ2) is 12.4. The molecule has 8 nitrogen and oxygen atoms in total. The fourth-order valence-electron chi connectivity index (χ4n) is 4.23. The number of methoxy groups -OCH3 is 1. The van der Waals surface area contributed by atoms with Crippen molar-refractivity contribution in [3.63, 3.8) is 0 Å². The quantitative estimate of drug-likeness (QED) is 0.166. The van der Waals surface area contributed by atoms with Crippen molar-refractivity contribution in [1.82, 2.24) is 9.99 Å². The van der Waals surface area contributed by atoms with Gasteiger partial charge in [0, 0.05) is 27.1 Å². The van der Waals surface area contributed by atoms with Gasteiger partial charge in [0.2, 0.25) is 0 Å². The molecule has 3 aromatic carbocycles. The monoisotopic (exact) mass is 686 g/mol. The van der Waals surface area contributed by atoms with Gasteiger partial charge in [-0.2, -0.15) is 5.10 Å². The fraction of sp³-hybridized carbons (Fsp3) is 0.172. The molecular weight excluding hydrogens is 660 g/mol. The lowest BCUT2D eigenvalue weighted by Crippen LogP contribution is -2.39. The lowest BCUT2D eigenvalue weighted by atomic mass is 10.2. The molecular formula is C29H28Br2N4O4S. The van der Waals surface area contributed by atoms with E-state index in [9.17, 15) is 13.2 Å². The minimum Gasteiger partial charge on any atom is -0.496 e. The second-order valence-electron chi connectivity index (χ2n) is 9.08. The molecule has 0 aliphatic heterocycles. The molecule has 0 unspecified atom stereocenters. The molecule has 0 aliphatic rings. The first-order chi connectivity index (χ1) is 19.0. The lowest BCUT2D eigenvalue weighted by molar-refractivity contribution is -0.119. The average Bonchev–Trinajstić information content (AvgIpc) is 3.20. The first-order valence-corrected chi connectivity index (χ1v) is 15.2. The van der Waals surface area contributed by atoms with Crippen LogP contribution in [0.2, 0.25) is 0 Å². The van der Waals surface area contributed by atoms with Crippen LogP contribution in [-0.4, -0.2) is 38.8 Å². The Hall–Kier alpha value is -3.41. The van der Waals surface area contributed by atoms with Crippen LogP contribution in [0.25, 0.3) is 5.69 Å². The Morgan fingerprint density at radius 3 is 2.40 bits per heavy atom. The molecule has 0 saturated heterocycles. The molecule has 1 N–H and O–H groups in total. The number of nitrogens with zero attached hydrogens (tertiary/aromatic N) is 3. The van der Waals surface area contributed by atoms with E-state index in [1.165, 1.54) is 19.2 Å². The standard InChI is InChI=1S/C29H28Br2N4O4S/c1-19-8-10-24(11-9-19)34(40(37,38)26-12-13-28(39-4)27(31)16-26)18-29(36)33-32-17-22-14-20(2)35(21(22)3)25-7-5-6-23(30)15-25/h5-17H,18H2,1-4H3,(H,33,36)/b32-17-. The maximum absolute atomic E-state index is 13.7. The first kappa shape index (κ1) is 29.6. The van der Waals surface area contributed by atoms with Crippen molar-refractivity contribution < 1.29 is 17.9 Å². The Balaban J connectivity index is 1.57. The molecule has 0 aliphatic carbocycles. The van der Waals surface area contributed by atoms with Crippen molar-refractivity contribution in [2.45, 2.75) is 25.7 Å². The average molecular weight is 688 g/mol. The van der Waals surface area contributed by atoms with Gasteiger partial charge in [0.05, 0.1) is 28.4 Å². The minimum atomic E-state index is -4.10. The molecule has 1 amide bonds. The van der Waals surface area contributed by atoms with Gasteiger partial charge in [0.25, 0.3) is 15.9 Å². The third kappa shape index (κ3) is 6.48. The van der Waals surface area contributed by atoms with Crippen LogP contribution in [0.5, 0.6) is 5.75 Å². The summed E-state index contributed by atoms with van der Waals surface area (Å²) in [5, 5.41) is 4.13. The SMILES string of the molecule is COc1ccc(S(=O)(=O)N(CC(=O)N/N=C\c2cc(C)n(-c3cccc(Br)c3)c2C)c2ccc(C)cc2)cc1Br. The van der Waals surface area contributed by atoms with Crippen LogP contribution in [0, 0.1) is 20.8 Å². The number of ether oxygens (including phenoxy) is 1. The smallest absolute Gasteiger partial charge is 0.264 e. The molecule has 0 fully saturated rings. The minimum absolute atomic E-state index is 0.0111. The number of aryl methyl sites for hydroxylation is 2. The van der Waals surface area contributed by atoms with Gasteiger partial charge in [-0.15, -0.1) is 0 Å². The molecule has 1 aromatic heterocycles. The number of halogens is 2. The van der Waals surface area contributed by atoms with Gasteiger partial charge >= 0.3 is 0 Å². The fourth-order valence-corrected chi connectivity index (χ4v) is 6.76. The van der Waals surface area contributed by atoms with Gasteiger partial charge in [0.15, 0.2) is 0 Å². The van der Waals surface area contributed by atoms with Crippen LogP contribution in [0.4, 0.5) is 5.69 Å². The van der Waals surface area contributed by atoms with Crippen molar-refractivity contribution in [3.8, 4) is 11.4 Å². The Morgan fingerprint density at radius 1 is 1.02 bits per heavy atom. The molecule has 4 rings (SSSR count). The zero-order chi connectivity index (χ0) is 29.0. The van der Waals surface area contributed by atoms with Gasteiger partial charge in [0.1, 0.15) is 12.3 Å². The lowest BCUT2D eigenvalue weighted by Gasteiger charge is -2.24. The predicted octanol–water partition coefficient (Wildman–Crippen LogP) is 6.28. The Labute approximate surface area is 251 Å². The number of amides is 1. The number of aromatic nitrogens is 1. The zero-order valence-electron chi connectivity index (χ0n) is 22.4. The number of sulfonamides is 1. The van der Waals surface area contributed by atoms with Crippen LogP contribution in [0.1, 0.15) is 22.5 Å². The highest BCUT2D eigenvalue weighted by molar-refractivity contribution is 9.10. The summed E-state index contributed by atoms with van der Waals surface area (Å²) in [4.78, 5) is 13.0. The Morgan fingerprint density at radius 2 is 1.75 bits per heavy atom. The van der Waals surface area contributed by atoms with Crippen LogP contribution < -0.4 is 14.5 Å². The van der Waals surface area contributed by atoms with E-state index >= 15 is 0 Å². The molecule has 208 valence electrons. The third-order valence-electron chi connectivity index (χ3n) is 6.25. The normalized spacial score (nSPS) is 11.6. The molecule has 11 heteroatoms. The molecule has 4 aromatic rings. The number of carbonyl (C=O) groups excluding carboxylic acids is 1. The summed E-state index contributed by atoms with van der Waals surface area (Å²) in [5.41, 5.74) is 7.57. The molecule has 1 heterocycles. The van der Waals surface area contributed by atoms with E-state index in [1.807, 2.05) is 51.1 Å². The van der Waals surface area contributed by atoms with E-state index in [2.05, 4.69) is 47.0 Å². The van der Waals surface area contributed by atoms with Crippen molar-refractivity contribution in [1.29, 1.82) is 0 Å². The number of hydrogen-bond acceptors (Lipinski definition) is 5. The summed E-state index contributed by atoms with van der Waals surface area (Å²) in [6, 6.07) is 21.3. The summed E-state index contributed by atoms with van der Waals surface area (Å²) < 4.78 is 37.2. The highest BCUT2D eigenvalue weighted by Gasteiger charge is 2.28. The molecule has 0 spiro atoms. The Bertz CT molecular complexity index is 1680. The number of anilines is 1. The van der Waals surface area contributed by atoms with Crippen LogP contribution in [0.3, 0.4) is 0 Å². The summed E-state index contributed by atoms with van der Waals surface area (Å²) in [5.74, 6) is -0.0963. The summed E-state index contributed by atoms with van der Waals surface area (Å²) in [6.45, 7) is 5.39. The Kier molecular flexibility index (Phi) is 9.17. The van der Waals surface area contributed by atoms with Crippen LogP contribution in [0.15, 0.2) is 91.7 Å². The number of benzene rings is 3. The molecule has 40 heavy (non-hydrogen) atoms. The van der Waals surface area contributed by atoms with Crippen molar-refractivity contribution in [3.05, 3.63) is 104 Å². The van der Waals surface area contributed by atoms with E-state index in [-0.39, 0.29) is 4.90 Å². The summed E-state index contributed by atoms with van der Waals surface area (Å²) >= 11 is 6.85. The van der Waals surface area contributed by atoms with Gasteiger partial charge in [-0.1, -0.05) is 39.7 Å².